The molecule has 0 saturated carbocycles. The van der Waals surface area contributed by atoms with Crippen LogP contribution in [-0.4, -0.2) is 36.7 Å². The highest BCUT2D eigenvalue weighted by atomic mass is 19.1. The van der Waals surface area contributed by atoms with Gasteiger partial charge in [-0.25, -0.2) is 9.18 Å². The number of benzene rings is 1. The van der Waals surface area contributed by atoms with Crippen LogP contribution in [0.15, 0.2) is 30.3 Å². The van der Waals surface area contributed by atoms with Gasteiger partial charge in [-0.1, -0.05) is 24.3 Å². The Morgan fingerprint density at radius 3 is 2.60 bits per heavy atom. The fraction of sp³-hybridized carbons (Fsp3) is 0.286. The third kappa shape index (κ3) is 5.62. The summed E-state index contributed by atoms with van der Waals surface area (Å²) in [7, 11) is 1.26. The molecule has 0 heterocycles. The van der Waals surface area contributed by atoms with Crippen LogP contribution in [0.3, 0.4) is 0 Å². The fourth-order valence-electron chi connectivity index (χ4n) is 1.43. The first-order chi connectivity index (χ1) is 9.52. The Morgan fingerprint density at radius 2 is 2.05 bits per heavy atom. The molecular weight excluding hydrogens is 265 g/mol. The molecule has 1 aromatic carbocycles. The molecule has 1 amide bonds. The molecule has 0 aliphatic rings. The van der Waals surface area contributed by atoms with E-state index in [9.17, 15) is 14.0 Å². The average Bonchev–Trinajstić information content (AvgIpc) is 2.41. The van der Waals surface area contributed by atoms with E-state index in [1.54, 1.807) is 24.3 Å². The number of rotatable bonds is 7. The number of hydrogen-bond acceptors (Lipinski definition) is 3. The number of methoxy groups -OCH3 is 1. The molecule has 2 N–H and O–H groups in total. The van der Waals surface area contributed by atoms with Gasteiger partial charge >= 0.3 is 5.97 Å². The molecule has 1 atom stereocenters. The largest absolute Gasteiger partial charge is 0.479 e. The van der Waals surface area contributed by atoms with Crippen LogP contribution in [0.25, 0.3) is 6.08 Å². The van der Waals surface area contributed by atoms with Gasteiger partial charge in [0.05, 0.1) is 6.54 Å². The van der Waals surface area contributed by atoms with Gasteiger partial charge in [-0.3, -0.25) is 4.79 Å². The number of carboxylic acid groups (broad SMARTS) is 1. The minimum atomic E-state index is -1.13. The maximum absolute atomic E-state index is 12.7. The fourth-order valence-corrected chi connectivity index (χ4v) is 1.43. The van der Waals surface area contributed by atoms with Crippen LogP contribution in [0.2, 0.25) is 0 Å². The number of nitrogens with one attached hydrogen (secondary N) is 1. The molecule has 5 nitrogen and oxygen atoms in total. The maximum atomic E-state index is 12.7. The van der Waals surface area contributed by atoms with Gasteiger partial charge in [0.15, 0.2) is 6.10 Å². The third-order valence-electron chi connectivity index (χ3n) is 2.53. The Labute approximate surface area is 116 Å². The average molecular weight is 281 g/mol. The molecule has 1 aromatic rings. The Morgan fingerprint density at radius 1 is 1.40 bits per heavy atom. The molecule has 0 bridgehead atoms. The van der Waals surface area contributed by atoms with Crippen molar-refractivity contribution in [1.82, 2.24) is 5.32 Å². The second kappa shape index (κ2) is 8.06. The number of carboxylic acids is 1. The van der Waals surface area contributed by atoms with E-state index >= 15 is 0 Å². The van der Waals surface area contributed by atoms with Crippen molar-refractivity contribution in [2.24, 2.45) is 0 Å². The van der Waals surface area contributed by atoms with E-state index < -0.39 is 12.1 Å². The molecule has 0 fully saturated rings. The molecule has 6 heteroatoms. The smallest absolute Gasteiger partial charge is 0.334 e. The maximum Gasteiger partial charge on any atom is 0.334 e. The lowest BCUT2D eigenvalue weighted by atomic mass is 10.2. The SMILES string of the molecule is COC(CNC(=O)C/C=C/c1ccc(F)cc1)C(=O)O. The first kappa shape index (κ1) is 15.8. The molecule has 108 valence electrons. The van der Waals surface area contributed by atoms with Crippen molar-refractivity contribution in [3.05, 3.63) is 41.7 Å². The van der Waals surface area contributed by atoms with Gasteiger partial charge < -0.3 is 15.2 Å². The topological polar surface area (TPSA) is 75.6 Å². The first-order valence-electron chi connectivity index (χ1n) is 5.97. The van der Waals surface area contributed by atoms with Crippen LogP contribution in [0.5, 0.6) is 0 Å². The van der Waals surface area contributed by atoms with Crippen LogP contribution in [-0.2, 0) is 14.3 Å². The molecule has 0 saturated heterocycles. The highest BCUT2D eigenvalue weighted by Crippen LogP contribution is 2.05. The van der Waals surface area contributed by atoms with Gasteiger partial charge in [0.25, 0.3) is 0 Å². The van der Waals surface area contributed by atoms with Crippen LogP contribution < -0.4 is 5.32 Å². The minimum absolute atomic E-state index is 0.0882. The van der Waals surface area contributed by atoms with Crippen molar-refractivity contribution in [2.75, 3.05) is 13.7 Å². The van der Waals surface area contributed by atoms with Crippen molar-refractivity contribution >= 4 is 18.0 Å². The molecule has 1 unspecified atom stereocenters. The highest BCUT2D eigenvalue weighted by Gasteiger charge is 2.16. The van der Waals surface area contributed by atoms with Crippen molar-refractivity contribution in [3.8, 4) is 0 Å². The monoisotopic (exact) mass is 281 g/mol. The summed E-state index contributed by atoms with van der Waals surface area (Å²) in [5.41, 5.74) is 0.777. The Balaban J connectivity index is 2.36. The quantitative estimate of drug-likeness (QED) is 0.793. The van der Waals surface area contributed by atoms with Crippen molar-refractivity contribution in [2.45, 2.75) is 12.5 Å². The first-order valence-corrected chi connectivity index (χ1v) is 5.97. The molecule has 0 radical (unpaired) electrons. The lowest BCUT2D eigenvalue weighted by molar-refractivity contribution is -0.148. The number of ether oxygens (including phenoxy) is 1. The predicted molar refractivity (Wildman–Crippen MR) is 71.5 cm³/mol. The molecule has 0 aromatic heterocycles. The minimum Gasteiger partial charge on any atom is -0.479 e. The van der Waals surface area contributed by atoms with E-state index in [1.165, 1.54) is 19.2 Å². The van der Waals surface area contributed by atoms with Gasteiger partial charge in [-0.2, -0.15) is 0 Å². The van der Waals surface area contributed by atoms with Crippen molar-refractivity contribution < 1.29 is 23.8 Å². The van der Waals surface area contributed by atoms with Crippen LogP contribution in [0, 0.1) is 5.82 Å². The zero-order valence-electron chi connectivity index (χ0n) is 11.0. The molecule has 20 heavy (non-hydrogen) atoms. The van der Waals surface area contributed by atoms with E-state index in [-0.39, 0.29) is 24.7 Å². The molecule has 0 aliphatic heterocycles. The van der Waals surface area contributed by atoms with Gasteiger partial charge in [0, 0.05) is 13.5 Å². The molecule has 1 rings (SSSR count). The van der Waals surface area contributed by atoms with E-state index in [1.807, 2.05) is 0 Å². The summed E-state index contributed by atoms with van der Waals surface area (Å²) in [6, 6.07) is 5.84. The standard InChI is InChI=1S/C14H16FNO4/c1-20-12(14(18)19)9-16-13(17)4-2-3-10-5-7-11(15)8-6-10/h2-3,5-8,12H,4,9H2,1H3,(H,16,17)(H,18,19)/b3-2+. The number of carbonyl (C=O) groups is 2. The molecular formula is C14H16FNO4. The summed E-state index contributed by atoms with van der Waals surface area (Å²) < 4.78 is 17.3. The summed E-state index contributed by atoms with van der Waals surface area (Å²) in [5.74, 6) is -1.76. The normalized spacial score (nSPS) is 12.3. The van der Waals surface area contributed by atoms with Crippen molar-refractivity contribution in [3.63, 3.8) is 0 Å². The summed E-state index contributed by atoms with van der Waals surface area (Å²) in [6.07, 6.45) is 2.35. The summed E-state index contributed by atoms with van der Waals surface area (Å²) in [6.45, 7) is -0.0882. The van der Waals surface area contributed by atoms with Crippen molar-refractivity contribution in [1.29, 1.82) is 0 Å². The van der Waals surface area contributed by atoms with E-state index in [0.29, 0.717) is 0 Å². The van der Waals surface area contributed by atoms with Crippen LogP contribution >= 0.6 is 0 Å². The van der Waals surface area contributed by atoms with E-state index in [4.69, 9.17) is 5.11 Å². The van der Waals surface area contributed by atoms with Crippen LogP contribution in [0.1, 0.15) is 12.0 Å². The number of aliphatic carboxylic acids is 1. The van der Waals surface area contributed by atoms with Gasteiger partial charge in [-0.05, 0) is 17.7 Å². The van der Waals surface area contributed by atoms with E-state index in [2.05, 4.69) is 10.1 Å². The lowest BCUT2D eigenvalue weighted by Gasteiger charge is -2.10. The van der Waals surface area contributed by atoms with Crippen LogP contribution in [0.4, 0.5) is 4.39 Å². The van der Waals surface area contributed by atoms with Gasteiger partial charge in [0.2, 0.25) is 5.91 Å². The lowest BCUT2D eigenvalue weighted by Crippen LogP contribution is -2.37. The number of halogens is 1. The summed E-state index contributed by atoms with van der Waals surface area (Å²) in [4.78, 5) is 22.1. The Hall–Kier alpha value is -2.21. The Kier molecular flexibility index (Phi) is 6.39. The summed E-state index contributed by atoms with van der Waals surface area (Å²) in [5, 5.41) is 11.2. The molecule has 0 spiro atoms. The van der Waals surface area contributed by atoms with Gasteiger partial charge in [0.1, 0.15) is 5.82 Å². The number of amides is 1. The third-order valence-corrected chi connectivity index (χ3v) is 2.53. The zero-order valence-corrected chi connectivity index (χ0v) is 11.0. The predicted octanol–water partition coefficient (Wildman–Crippen LogP) is 1.44. The number of carbonyl (C=O) groups excluding carboxylic acids is 1. The highest BCUT2D eigenvalue weighted by molar-refractivity contribution is 5.80. The Bertz CT molecular complexity index is 484. The number of hydrogen-bond donors (Lipinski definition) is 2. The zero-order chi connectivity index (χ0) is 15.0. The van der Waals surface area contributed by atoms with Gasteiger partial charge in [-0.15, -0.1) is 0 Å². The summed E-state index contributed by atoms with van der Waals surface area (Å²) >= 11 is 0. The van der Waals surface area contributed by atoms with E-state index in [0.717, 1.165) is 5.56 Å². The molecule has 0 aliphatic carbocycles. The second-order valence-electron chi connectivity index (χ2n) is 4.02. The second-order valence-corrected chi connectivity index (χ2v) is 4.02.